The van der Waals surface area contributed by atoms with E-state index in [1.165, 1.54) is 0 Å². The van der Waals surface area contributed by atoms with Gasteiger partial charge in [0.05, 0.1) is 0 Å². The second-order valence-corrected chi connectivity index (χ2v) is 10.5. The SMILES string of the molecule is Cc1nc(C)nc(NCCCN(CCCN(CCCNc2nc(C)nc(C)n2)c2nc(C)nc(C)n2)c2ncnc(C)n2)n1. The zero-order valence-corrected chi connectivity index (χ0v) is 26.7. The van der Waals surface area contributed by atoms with E-state index in [1.54, 1.807) is 6.33 Å². The molecular formula is C28H42N16. The minimum atomic E-state index is 0.589. The molecule has 0 unspecified atom stereocenters. The Morgan fingerprint density at radius 3 is 1.27 bits per heavy atom. The molecule has 0 spiro atoms. The lowest BCUT2D eigenvalue weighted by Crippen LogP contribution is -2.34. The van der Waals surface area contributed by atoms with Gasteiger partial charge in [0.2, 0.25) is 23.8 Å². The maximum absolute atomic E-state index is 4.64. The second kappa shape index (κ2) is 15.6. The average molecular weight is 603 g/mol. The van der Waals surface area contributed by atoms with Crippen molar-refractivity contribution >= 4 is 23.8 Å². The highest BCUT2D eigenvalue weighted by atomic mass is 15.3. The molecule has 0 aliphatic heterocycles. The molecule has 0 radical (unpaired) electrons. The van der Waals surface area contributed by atoms with Gasteiger partial charge in [-0.2, -0.15) is 34.9 Å². The van der Waals surface area contributed by atoms with Gasteiger partial charge in [-0.3, -0.25) is 0 Å². The molecule has 4 aromatic rings. The lowest BCUT2D eigenvalue weighted by atomic mass is 10.3. The fourth-order valence-corrected chi connectivity index (χ4v) is 4.66. The molecular weight excluding hydrogens is 560 g/mol. The third-order valence-electron chi connectivity index (χ3n) is 6.44. The van der Waals surface area contributed by atoms with E-state index in [0.29, 0.717) is 77.7 Å². The topological polar surface area (TPSA) is 185 Å². The van der Waals surface area contributed by atoms with Crippen molar-refractivity contribution in [1.29, 1.82) is 0 Å². The standard InChI is InChI=1S/C28H42N16/c1-18-31-17-32-27(40-18)43(13-8-11-29-25-36-19(2)33-20(3)37-25)15-10-16-44(28-41-23(6)35-24(7)42-28)14-9-12-30-26-38-21(4)34-22(5)39-26/h17H,8-16H2,1-7H3,(H,29,33,36,37)(H,30,34,38,39). The van der Waals surface area contributed by atoms with Crippen LogP contribution < -0.4 is 20.4 Å². The van der Waals surface area contributed by atoms with Gasteiger partial charge < -0.3 is 20.4 Å². The van der Waals surface area contributed by atoms with Crippen LogP contribution in [0.1, 0.15) is 60.0 Å². The number of anilines is 4. The molecule has 4 heterocycles. The summed E-state index contributed by atoms with van der Waals surface area (Å²) in [6, 6.07) is 0. The van der Waals surface area contributed by atoms with Gasteiger partial charge in [0.1, 0.15) is 47.1 Å². The molecule has 0 atom stereocenters. The van der Waals surface area contributed by atoms with Gasteiger partial charge in [-0.15, -0.1) is 0 Å². The van der Waals surface area contributed by atoms with E-state index >= 15 is 0 Å². The van der Waals surface area contributed by atoms with Gasteiger partial charge in [-0.25, -0.2) is 24.9 Å². The normalized spacial score (nSPS) is 11.0. The van der Waals surface area contributed by atoms with Crippen molar-refractivity contribution in [3.05, 3.63) is 47.1 Å². The van der Waals surface area contributed by atoms with Gasteiger partial charge >= 0.3 is 0 Å². The smallest absolute Gasteiger partial charge is 0.228 e. The van der Waals surface area contributed by atoms with Crippen molar-refractivity contribution in [2.45, 2.75) is 67.7 Å². The molecule has 234 valence electrons. The van der Waals surface area contributed by atoms with Crippen molar-refractivity contribution in [3.8, 4) is 0 Å². The van der Waals surface area contributed by atoms with Crippen LogP contribution in [0.5, 0.6) is 0 Å². The summed E-state index contributed by atoms with van der Waals surface area (Å²) in [5, 5.41) is 6.62. The highest BCUT2D eigenvalue weighted by Crippen LogP contribution is 2.13. The molecule has 4 aromatic heterocycles. The van der Waals surface area contributed by atoms with Crippen LogP contribution in [0.25, 0.3) is 0 Å². The molecule has 16 heteroatoms. The van der Waals surface area contributed by atoms with E-state index in [4.69, 9.17) is 0 Å². The Labute approximate surface area is 258 Å². The number of aromatic nitrogens is 12. The van der Waals surface area contributed by atoms with E-state index in [1.807, 2.05) is 48.5 Å². The molecule has 44 heavy (non-hydrogen) atoms. The first kappa shape index (κ1) is 32.2. The Hall–Kier alpha value is -4.76. The number of rotatable bonds is 16. The predicted octanol–water partition coefficient (Wildman–Crippen LogP) is 2.29. The predicted molar refractivity (Wildman–Crippen MR) is 168 cm³/mol. The van der Waals surface area contributed by atoms with Crippen LogP contribution >= 0.6 is 0 Å². The molecule has 2 N–H and O–H groups in total. The molecule has 0 fully saturated rings. The zero-order valence-electron chi connectivity index (χ0n) is 26.7. The van der Waals surface area contributed by atoms with E-state index in [2.05, 4.69) is 80.2 Å². The zero-order chi connectivity index (χ0) is 31.5. The van der Waals surface area contributed by atoms with Crippen molar-refractivity contribution in [1.82, 2.24) is 59.8 Å². The summed E-state index contributed by atoms with van der Waals surface area (Å²) >= 11 is 0. The van der Waals surface area contributed by atoms with E-state index < -0.39 is 0 Å². The molecule has 0 amide bonds. The molecule has 0 saturated carbocycles. The first-order chi connectivity index (χ1) is 21.1. The largest absolute Gasteiger partial charge is 0.354 e. The summed E-state index contributed by atoms with van der Waals surface area (Å²) < 4.78 is 0. The Morgan fingerprint density at radius 1 is 0.432 bits per heavy atom. The molecule has 16 nitrogen and oxygen atoms in total. The first-order valence-corrected chi connectivity index (χ1v) is 14.9. The third-order valence-corrected chi connectivity index (χ3v) is 6.44. The quantitative estimate of drug-likeness (QED) is 0.178. The number of aryl methyl sites for hydroxylation is 7. The van der Waals surface area contributed by atoms with Gasteiger partial charge in [0, 0.05) is 39.3 Å². The van der Waals surface area contributed by atoms with Crippen molar-refractivity contribution in [2.75, 3.05) is 59.7 Å². The molecule has 0 aliphatic carbocycles. The van der Waals surface area contributed by atoms with Crippen LogP contribution in [0, 0.1) is 48.5 Å². The van der Waals surface area contributed by atoms with Crippen LogP contribution in [-0.2, 0) is 0 Å². The summed E-state index contributed by atoms with van der Waals surface area (Å²) in [6.07, 6.45) is 4.08. The molecule has 0 aromatic carbocycles. The second-order valence-electron chi connectivity index (χ2n) is 10.5. The summed E-state index contributed by atoms with van der Waals surface area (Å²) in [4.78, 5) is 57.3. The van der Waals surface area contributed by atoms with Crippen LogP contribution in [0.3, 0.4) is 0 Å². The lowest BCUT2D eigenvalue weighted by molar-refractivity contribution is 0.642. The van der Waals surface area contributed by atoms with Crippen LogP contribution in [0.2, 0.25) is 0 Å². The number of nitrogens with zero attached hydrogens (tertiary/aromatic N) is 14. The summed E-state index contributed by atoms with van der Waals surface area (Å²) in [5.41, 5.74) is 0. The third kappa shape index (κ3) is 10.2. The Kier molecular flexibility index (Phi) is 11.4. The molecule has 4 rings (SSSR count). The number of hydrogen-bond acceptors (Lipinski definition) is 16. The number of nitrogens with one attached hydrogen (secondary N) is 2. The monoisotopic (exact) mass is 602 g/mol. The Bertz CT molecular complexity index is 1450. The molecule has 0 bridgehead atoms. The minimum Gasteiger partial charge on any atom is -0.354 e. The van der Waals surface area contributed by atoms with Crippen molar-refractivity contribution in [3.63, 3.8) is 0 Å². The Morgan fingerprint density at radius 2 is 0.818 bits per heavy atom. The highest BCUT2D eigenvalue weighted by molar-refractivity contribution is 5.32. The summed E-state index contributed by atoms with van der Waals surface area (Å²) in [7, 11) is 0. The summed E-state index contributed by atoms with van der Waals surface area (Å²) in [6.45, 7) is 17.5. The van der Waals surface area contributed by atoms with E-state index in [0.717, 1.165) is 45.4 Å². The minimum absolute atomic E-state index is 0.589. The van der Waals surface area contributed by atoms with Gasteiger partial charge in [0.15, 0.2) is 0 Å². The van der Waals surface area contributed by atoms with E-state index in [-0.39, 0.29) is 0 Å². The van der Waals surface area contributed by atoms with Crippen LogP contribution in [0.15, 0.2) is 6.33 Å². The lowest BCUT2D eigenvalue weighted by Gasteiger charge is -2.26. The average Bonchev–Trinajstić information content (AvgIpc) is 2.94. The summed E-state index contributed by atoms with van der Waals surface area (Å²) in [5.74, 6) is 7.39. The van der Waals surface area contributed by atoms with Gasteiger partial charge in [0.25, 0.3) is 0 Å². The number of hydrogen-bond donors (Lipinski definition) is 2. The molecule has 0 saturated heterocycles. The van der Waals surface area contributed by atoms with Crippen molar-refractivity contribution < 1.29 is 0 Å². The van der Waals surface area contributed by atoms with Gasteiger partial charge in [-0.05, 0) is 67.7 Å². The fraction of sp³-hybridized carbons (Fsp3) is 0.571. The van der Waals surface area contributed by atoms with Crippen LogP contribution in [-0.4, -0.2) is 99.1 Å². The van der Waals surface area contributed by atoms with Gasteiger partial charge in [-0.1, -0.05) is 0 Å². The maximum Gasteiger partial charge on any atom is 0.228 e. The fourth-order valence-electron chi connectivity index (χ4n) is 4.66. The molecule has 0 aliphatic rings. The first-order valence-electron chi connectivity index (χ1n) is 14.9. The maximum atomic E-state index is 4.64. The van der Waals surface area contributed by atoms with Crippen LogP contribution in [0.4, 0.5) is 23.8 Å². The van der Waals surface area contributed by atoms with E-state index in [9.17, 15) is 0 Å². The Balaban J connectivity index is 1.37. The van der Waals surface area contributed by atoms with Crippen molar-refractivity contribution in [2.24, 2.45) is 0 Å². The highest BCUT2D eigenvalue weighted by Gasteiger charge is 2.15.